The molecule has 3 rings (SSSR count). The van der Waals surface area contributed by atoms with Gasteiger partial charge in [0.15, 0.2) is 0 Å². The molecule has 4 heteroatoms. The predicted octanol–water partition coefficient (Wildman–Crippen LogP) is 2.17. The van der Waals surface area contributed by atoms with E-state index in [0.29, 0.717) is 28.5 Å². The van der Waals surface area contributed by atoms with Crippen molar-refractivity contribution < 1.29 is 14.7 Å². The van der Waals surface area contributed by atoms with E-state index in [9.17, 15) is 14.7 Å². The van der Waals surface area contributed by atoms with Gasteiger partial charge in [0.05, 0.1) is 6.10 Å². The number of hydrogen-bond acceptors (Lipinski definition) is 3. The van der Waals surface area contributed by atoms with E-state index in [2.05, 4.69) is 5.32 Å². The number of imide groups is 1. The maximum absolute atomic E-state index is 11.9. The molecule has 2 amide bonds. The van der Waals surface area contributed by atoms with Gasteiger partial charge in [-0.3, -0.25) is 14.9 Å². The van der Waals surface area contributed by atoms with E-state index in [4.69, 9.17) is 0 Å². The summed E-state index contributed by atoms with van der Waals surface area (Å²) in [7, 11) is 0. The standard InChI is InChI=1S/C15H13NO3/c1-2-12(17)9-6-8-4-3-5-10-13(8)11(7-9)15(19)16-14(10)18/h3-7,12,17H,2H2,1H3,(H,16,18,19). The van der Waals surface area contributed by atoms with Gasteiger partial charge in [0.25, 0.3) is 11.8 Å². The molecule has 2 N–H and O–H groups in total. The number of hydrogen-bond donors (Lipinski definition) is 2. The topological polar surface area (TPSA) is 66.4 Å². The Balaban J connectivity index is 2.37. The molecule has 2 aromatic rings. The quantitative estimate of drug-likeness (QED) is 0.808. The summed E-state index contributed by atoms with van der Waals surface area (Å²) < 4.78 is 0. The van der Waals surface area contributed by atoms with Gasteiger partial charge in [-0.2, -0.15) is 0 Å². The van der Waals surface area contributed by atoms with Crippen LogP contribution in [0.2, 0.25) is 0 Å². The highest BCUT2D eigenvalue weighted by Gasteiger charge is 2.25. The van der Waals surface area contributed by atoms with Crippen LogP contribution in [0.15, 0.2) is 30.3 Å². The van der Waals surface area contributed by atoms with Crippen molar-refractivity contribution in [2.75, 3.05) is 0 Å². The van der Waals surface area contributed by atoms with Crippen LogP contribution in [0.3, 0.4) is 0 Å². The van der Waals surface area contributed by atoms with E-state index < -0.39 is 12.0 Å². The van der Waals surface area contributed by atoms with Gasteiger partial charge in [0.1, 0.15) is 0 Å². The van der Waals surface area contributed by atoms with Crippen molar-refractivity contribution in [3.63, 3.8) is 0 Å². The summed E-state index contributed by atoms with van der Waals surface area (Å²) in [6.07, 6.45) is -0.0275. The van der Waals surface area contributed by atoms with Gasteiger partial charge in [-0.25, -0.2) is 0 Å². The molecule has 1 aliphatic rings. The van der Waals surface area contributed by atoms with Gasteiger partial charge in [-0.15, -0.1) is 0 Å². The van der Waals surface area contributed by atoms with Gasteiger partial charge in [-0.1, -0.05) is 19.1 Å². The van der Waals surface area contributed by atoms with Gasteiger partial charge in [0, 0.05) is 16.5 Å². The fourth-order valence-corrected chi connectivity index (χ4v) is 2.49. The third-order valence-electron chi connectivity index (χ3n) is 3.49. The van der Waals surface area contributed by atoms with Crippen LogP contribution in [-0.2, 0) is 0 Å². The van der Waals surface area contributed by atoms with Crippen LogP contribution in [0.5, 0.6) is 0 Å². The molecule has 4 nitrogen and oxygen atoms in total. The van der Waals surface area contributed by atoms with Crippen LogP contribution in [0, 0.1) is 0 Å². The second-order valence-corrected chi connectivity index (χ2v) is 4.68. The number of nitrogens with one attached hydrogen (secondary N) is 1. The Labute approximate surface area is 110 Å². The number of rotatable bonds is 2. The molecule has 1 aliphatic heterocycles. The second kappa shape index (κ2) is 4.17. The number of aliphatic hydroxyl groups excluding tert-OH is 1. The molecule has 1 heterocycles. The summed E-state index contributed by atoms with van der Waals surface area (Å²) in [5.41, 5.74) is 1.66. The highest BCUT2D eigenvalue weighted by molar-refractivity contribution is 6.25. The Morgan fingerprint density at radius 2 is 1.89 bits per heavy atom. The predicted molar refractivity (Wildman–Crippen MR) is 71.0 cm³/mol. The van der Waals surface area contributed by atoms with Gasteiger partial charge in [-0.05, 0) is 35.6 Å². The van der Waals surface area contributed by atoms with E-state index in [1.54, 1.807) is 18.2 Å². The molecular weight excluding hydrogens is 242 g/mol. The number of carbonyl (C=O) groups is 2. The monoisotopic (exact) mass is 255 g/mol. The van der Waals surface area contributed by atoms with Crippen molar-refractivity contribution in [2.24, 2.45) is 0 Å². The first kappa shape index (κ1) is 11.9. The first-order valence-corrected chi connectivity index (χ1v) is 6.22. The van der Waals surface area contributed by atoms with E-state index in [0.717, 1.165) is 5.39 Å². The fraction of sp³-hybridized carbons (Fsp3) is 0.200. The van der Waals surface area contributed by atoms with E-state index in [1.807, 2.05) is 19.1 Å². The molecule has 2 aromatic carbocycles. The van der Waals surface area contributed by atoms with Crippen LogP contribution in [-0.4, -0.2) is 16.9 Å². The zero-order valence-corrected chi connectivity index (χ0v) is 10.4. The number of amides is 2. The molecule has 0 radical (unpaired) electrons. The molecule has 0 aliphatic carbocycles. The molecule has 1 atom stereocenters. The largest absolute Gasteiger partial charge is 0.388 e. The SMILES string of the molecule is CCC(O)c1cc2c3c(cccc3c1)C(=O)NC2=O. The first-order valence-electron chi connectivity index (χ1n) is 6.22. The first-order chi connectivity index (χ1) is 9.11. The molecule has 0 saturated heterocycles. The summed E-state index contributed by atoms with van der Waals surface area (Å²) >= 11 is 0. The minimum absolute atomic E-state index is 0.369. The molecule has 0 aromatic heterocycles. The van der Waals surface area contributed by atoms with E-state index >= 15 is 0 Å². The highest BCUT2D eigenvalue weighted by Crippen LogP contribution is 2.30. The third-order valence-corrected chi connectivity index (χ3v) is 3.49. The lowest BCUT2D eigenvalue weighted by Crippen LogP contribution is -2.34. The number of benzene rings is 2. The Morgan fingerprint density at radius 3 is 2.63 bits per heavy atom. The summed E-state index contributed by atoms with van der Waals surface area (Å²) in [6, 6.07) is 8.83. The summed E-state index contributed by atoms with van der Waals surface area (Å²) in [5, 5.41) is 13.7. The third kappa shape index (κ3) is 1.72. The van der Waals surface area contributed by atoms with Crippen LogP contribution in [0.4, 0.5) is 0 Å². The maximum Gasteiger partial charge on any atom is 0.258 e. The molecule has 0 bridgehead atoms. The minimum atomic E-state index is -0.602. The van der Waals surface area contributed by atoms with Crippen molar-refractivity contribution >= 4 is 22.6 Å². The van der Waals surface area contributed by atoms with E-state index in [-0.39, 0.29) is 5.91 Å². The Bertz CT molecular complexity index is 706. The van der Waals surface area contributed by atoms with Crippen molar-refractivity contribution in [3.05, 3.63) is 47.0 Å². The van der Waals surface area contributed by atoms with E-state index in [1.165, 1.54) is 0 Å². The van der Waals surface area contributed by atoms with Crippen molar-refractivity contribution in [3.8, 4) is 0 Å². The zero-order valence-electron chi connectivity index (χ0n) is 10.4. The summed E-state index contributed by atoms with van der Waals surface area (Å²) in [5.74, 6) is -0.772. The average molecular weight is 255 g/mol. The Morgan fingerprint density at radius 1 is 1.16 bits per heavy atom. The van der Waals surface area contributed by atoms with Crippen LogP contribution in [0.25, 0.3) is 10.8 Å². The smallest absolute Gasteiger partial charge is 0.258 e. The van der Waals surface area contributed by atoms with Crippen LogP contribution < -0.4 is 5.32 Å². The minimum Gasteiger partial charge on any atom is -0.388 e. The molecule has 0 fully saturated rings. The lowest BCUT2D eigenvalue weighted by Gasteiger charge is -2.19. The highest BCUT2D eigenvalue weighted by atomic mass is 16.3. The zero-order chi connectivity index (χ0) is 13.6. The fourth-order valence-electron chi connectivity index (χ4n) is 2.49. The van der Waals surface area contributed by atoms with Crippen molar-refractivity contribution in [1.82, 2.24) is 5.32 Å². The van der Waals surface area contributed by atoms with Gasteiger partial charge < -0.3 is 5.11 Å². The van der Waals surface area contributed by atoms with Crippen LogP contribution >= 0.6 is 0 Å². The summed E-state index contributed by atoms with van der Waals surface area (Å²) in [4.78, 5) is 23.7. The normalized spacial score (nSPS) is 15.5. The lowest BCUT2D eigenvalue weighted by molar-refractivity contribution is 0.0845. The molecule has 96 valence electrons. The number of carbonyl (C=O) groups excluding carboxylic acids is 2. The Kier molecular flexibility index (Phi) is 2.61. The lowest BCUT2D eigenvalue weighted by atomic mass is 9.91. The van der Waals surface area contributed by atoms with Crippen molar-refractivity contribution in [2.45, 2.75) is 19.4 Å². The average Bonchev–Trinajstić information content (AvgIpc) is 2.43. The molecule has 19 heavy (non-hydrogen) atoms. The van der Waals surface area contributed by atoms with Gasteiger partial charge in [0.2, 0.25) is 0 Å². The summed E-state index contributed by atoms with van der Waals surface area (Å²) in [6.45, 7) is 1.88. The molecule has 0 spiro atoms. The molecular formula is C15H13NO3. The number of aliphatic hydroxyl groups is 1. The molecule has 0 saturated carbocycles. The van der Waals surface area contributed by atoms with Crippen LogP contribution in [0.1, 0.15) is 45.7 Å². The second-order valence-electron chi connectivity index (χ2n) is 4.68. The maximum atomic E-state index is 11.9. The van der Waals surface area contributed by atoms with Crippen molar-refractivity contribution in [1.29, 1.82) is 0 Å². The van der Waals surface area contributed by atoms with Gasteiger partial charge >= 0.3 is 0 Å². The molecule has 1 unspecified atom stereocenters. The Hall–Kier alpha value is -2.20.